The molecule has 22 heavy (non-hydrogen) atoms. The van der Waals surface area contributed by atoms with Crippen molar-refractivity contribution in [3.05, 3.63) is 45.9 Å². The van der Waals surface area contributed by atoms with Crippen LogP contribution in [-0.4, -0.2) is 40.3 Å². The number of nitrogens with two attached hydrogens (primary N) is 1. The molecule has 1 saturated heterocycles. The first-order valence-electron chi connectivity index (χ1n) is 7.05. The highest BCUT2D eigenvalue weighted by atomic mass is 35.5. The lowest BCUT2D eigenvalue weighted by atomic mass is 10.2. The topological polar surface area (TPSA) is 62.5 Å². The van der Waals surface area contributed by atoms with Crippen LogP contribution in [0.5, 0.6) is 0 Å². The van der Waals surface area contributed by atoms with Gasteiger partial charge in [0.05, 0.1) is 6.54 Å². The smallest absolute Gasteiger partial charge is 0.237 e. The highest BCUT2D eigenvalue weighted by Gasteiger charge is 2.24. The summed E-state index contributed by atoms with van der Waals surface area (Å²) in [5.74, 6) is 0.152. The third kappa shape index (κ3) is 3.76. The molecule has 3 rings (SSSR count). The summed E-state index contributed by atoms with van der Waals surface area (Å²) in [5.41, 5.74) is 6.73. The second-order valence-corrected chi connectivity index (χ2v) is 6.90. The molecule has 0 atom stereocenters. The number of aromatic nitrogens is 1. The zero-order valence-corrected chi connectivity index (χ0v) is 13.6. The number of piperazine rings is 1. The Labute approximate surface area is 138 Å². The van der Waals surface area contributed by atoms with E-state index in [4.69, 9.17) is 17.3 Å². The quantitative estimate of drug-likeness (QED) is 0.930. The predicted molar refractivity (Wildman–Crippen MR) is 88.7 cm³/mol. The minimum atomic E-state index is 0.152. The van der Waals surface area contributed by atoms with Crippen LogP contribution in [0.2, 0.25) is 5.02 Å². The third-order valence-corrected chi connectivity index (χ3v) is 4.70. The number of amides is 1. The normalized spacial score (nSPS) is 16.2. The molecule has 7 heteroatoms. The monoisotopic (exact) mass is 336 g/mol. The molecule has 2 heterocycles. The summed E-state index contributed by atoms with van der Waals surface area (Å²) in [6, 6.07) is 7.63. The number of benzene rings is 1. The SMILES string of the molecule is Nc1ncc(CN2CCN(Cc3ccc(Cl)cc3)C(=O)C2)s1. The van der Waals surface area contributed by atoms with E-state index in [0.717, 1.165) is 30.1 Å². The average molecular weight is 337 g/mol. The maximum Gasteiger partial charge on any atom is 0.237 e. The van der Waals surface area contributed by atoms with Crippen molar-refractivity contribution in [2.24, 2.45) is 0 Å². The third-order valence-electron chi connectivity index (χ3n) is 3.64. The number of nitrogen functional groups attached to an aromatic ring is 1. The molecule has 116 valence electrons. The summed E-state index contributed by atoms with van der Waals surface area (Å²) >= 11 is 7.36. The molecule has 1 aromatic carbocycles. The molecule has 1 aliphatic heterocycles. The number of carbonyl (C=O) groups excluding carboxylic acids is 1. The Morgan fingerprint density at radius 2 is 2.00 bits per heavy atom. The van der Waals surface area contributed by atoms with E-state index in [0.29, 0.717) is 23.2 Å². The van der Waals surface area contributed by atoms with E-state index in [2.05, 4.69) is 9.88 Å². The summed E-state index contributed by atoms with van der Waals surface area (Å²) in [7, 11) is 0. The minimum absolute atomic E-state index is 0.152. The Kier molecular flexibility index (Phi) is 4.61. The fraction of sp³-hybridized carbons (Fsp3) is 0.333. The van der Waals surface area contributed by atoms with Gasteiger partial charge < -0.3 is 10.6 Å². The molecule has 2 aromatic rings. The molecular formula is C15H17ClN4OS. The van der Waals surface area contributed by atoms with E-state index < -0.39 is 0 Å². The lowest BCUT2D eigenvalue weighted by Crippen LogP contribution is -2.49. The summed E-state index contributed by atoms with van der Waals surface area (Å²) in [4.78, 5) is 21.5. The molecule has 2 N–H and O–H groups in total. The molecule has 1 aliphatic rings. The van der Waals surface area contributed by atoms with Crippen molar-refractivity contribution < 1.29 is 4.79 Å². The lowest BCUT2D eigenvalue weighted by molar-refractivity contribution is -0.136. The first kappa shape index (κ1) is 15.3. The highest BCUT2D eigenvalue weighted by Crippen LogP contribution is 2.18. The largest absolute Gasteiger partial charge is 0.375 e. The molecule has 0 spiro atoms. The first-order valence-corrected chi connectivity index (χ1v) is 8.24. The van der Waals surface area contributed by atoms with Gasteiger partial charge in [0.2, 0.25) is 5.91 Å². The minimum Gasteiger partial charge on any atom is -0.375 e. The average Bonchev–Trinajstić information content (AvgIpc) is 2.89. The zero-order valence-electron chi connectivity index (χ0n) is 12.0. The van der Waals surface area contributed by atoms with E-state index in [1.54, 1.807) is 6.20 Å². The number of halogens is 1. The van der Waals surface area contributed by atoms with Crippen LogP contribution in [-0.2, 0) is 17.9 Å². The predicted octanol–water partition coefficient (Wildman–Crippen LogP) is 2.22. The number of hydrogen-bond acceptors (Lipinski definition) is 5. The number of carbonyl (C=O) groups is 1. The van der Waals surface area contributed by atoms with Crippen LogP contribution in [0.1, 0.15) is 10.4 Å². The molecule has 0 aliphatic carbocycles. The van der Waals surface area contributed by atoms with Gasteiger partial charge in [0.15, 0.2) is 5.13 Å². The van der Waals surface area contributed by atoms with Crippen molar-refractivity contribution in [3.8, 4) is 0 Å². The number of hydrogen-bond donors (Lipinski definition) is 1. The number of rotatable bonds is 4. The van der Waals surface area contributed by atoms with Crippen molar-refractivity contribution in [1.29, 1.82) is 0 Å². The van der Waals surface area contributed by atoms with E-state index in [9.17, 15) is 4.79 Å². The van der Waals surface area contributed by atoms with Crippen molar-refractivity contribution in [3.63, 3.8) is 0 Å². The molecule has 0 bridgehead atoms. The van der Waals surface area contributed by atoms with Gasteiger partial charge in [0, 0.05) is 42.3 Å². The molecule has 1 amide bonds. The second-order valence-electron chi connectivity index (χ2n) is 5.32. The first-order chi connectivity index (χ1) is 10.6. The van der Waals surface area contributed by atoms with Crippen LogP contribution in [0, 0.1) is 0 Å². The van der Waals surface area contributed by atoms with Gasteiger partial charge in [-0.15, -0.1) is 11.3 Å². The Hall–Kier alpha value is -1.63. The standard InChI is InChI=1S/C15H17ClN4OS/c16-12-3-1-11(2-4-12)8-20-6-5-19(10-14(20)21)9-13-7-18-15(17)22-13/h1-4,7H,5-6,8-10H2,(H2,17,18). The summed E-state index contributed by atoms with van der Waals surface area (Å²) < 4.78 is 0. The summed E-state index contributed by atoms with van der Waals surface area (Å²) in [5, 5.41) is 1.28. The van der Waals surface area contributed by atoms with Crippen LogP contribution < -0.4 is 5.73 Å². The van der Waals surface area contributed by atoms with Crippen LogP contribution in [0.25, 0.3) is 0 Å². The van der Waals surface area contributed by atoms with Crippen LogP contribution >= 0.6 is 22.9 Å². The molecule has 5 nitrogen and oxygen atoms in total. The van der Waals surface area contributed by atoms with Crippen molar-refractivity contribution in [2.75, 3.05) is 25.4 Å². The van der Waals surface area contributed by atoms with Crippen LogP contribution in [0.15, 0.2) is 30.5 Å². The Morgan fingerprint density at radius 3 is 2.64 bits per heavy atom. The Bertz CT molecular complexity index is 658. The molecule has 1 aromatic heterocycles. The van der Waals surface area contributed by atoms with E-state index in [-0.39, 0.29) is 5.91 Å². The van der Waals surface area contributed by atoms with Crippen LogP contribution in [0.3, 0.4) is 0 Å². The molecule has 1 fully saturated rings. The molecular weight excluding hydrogens is 320 g/mol. The molecule has 0 saturated carbocycles. The fourth-order valence-electron chi connectivity index (χ4n) is 2.49. The van der Waals surface area contributed by atoms with Crippen LogP contribution in [0.4, 0.5) is 5.13 Å². The van der Waals surface area contributed by atoms with Gasteiger partial charge in [0.1, 0.15) is 0 Å². The second kappa shape index (κ2) is 6.64. The van der Waals surface area contributed by atoms with Gasteiger partial charge in [-0.2, -0.15) is 0 Å². The van der Waals surface area contributed by atoms with Crippen molar-refractivity contribution in [1.82, 2.24) is 14.8 Å². The van der Waals surface area contributed by atoms with Crippen molar-refractivity contribution in [2.45, 2.75) is 13.1 Å². The maximum absolute atomic E-state index is 12.3. The number of anilines is 1. The van der Waals surface area contributed by atoms with Gasteiger partial charge in [-0.25, -0.2) is 4.98 Å². The Balaban J connectivity index is 1.55. The number of thiazole rings is 1. The number of nitrogens with zero attached hydrogens (tertiary/aromatic N) is 3. The van der Waals surface area contributed by atoms with Gasteiger partial charge >= 0.3 is 0 Å². The van der Waals surface area contributed by atoms with E-state index in [1.165, 1.54) is 11.3 Å². The van der Waals surface area contributed by atoms with Gasteiger partial charge in [0.25, 0.3) is 0 Å². The maximum atomic E-state index is 12.3. The Morgan fingerprint density at radius 1 is 1.23 bits per heavy atom. The zero-order chi connectivity index (χ0) is 15.5. The van der Waals surface area contributed by atoms with E-state index >= 15 is 0 Å². The van der Waals surface area contributed by atoms with Gasteiger partial charge in [-0.1, -0.05) is 23.7 Å². The van der Waals surface area contributed by atoms with Gasteiger partial charge in [-0.3, -0.25) is 9.69 Å². The summed E-state index contributed by atoms with van der Waals surface area (Å²) in [6.07, 6.45) is 1.78. The van der Waals surface area contributed by atoms with Crippen molar-refractivity contribution >= 4 is 34.0 Å². The summed E-state index contributed by atoms with van der Waals surface area (Å²) in [6.45, 7) is 3.39. The van der Waals surface area contributed by atoms with Gasteiger partial charge in [-0.05, 0) is 17.7 Å². The lowest BCUT2D eigenvalue weighted by Gasteiger charge is -2.34. The fourth-order valence-corrected chi connectivity index (χ4v) is 3.34. The molecule has 0 radical (unpaired) electrons. The van der Waals surface area contributed by atoms with E-state index in [1.807, 2.05) is 29.2 Å². The molecule has 0 unspecified atom stereocenters. The highest BCUT2D eigenvalue weighted by molar-refractivity contribution is 7.15.